The third kappa shape index (κ3) is 2.40. The maximum Gasteiger partial charge on any atom is 0.0923 e. The van der Waals surface area contributed by atoms with Gasteiger partial charge < -0.3 is 9.84 Å². The molecule has 2 atom stereocenters. The van der Waals surface area contributed by atoms with Crippen molar-refractivity contribution >= 4 is 27.3 Å². The molecule has 1 spiro atoms. The third-order valence-corrected chi connectivity index (χ3v) is 6.35. The Morgan fingerprint density at radius 1 is 1.44 bits per heavy atom. The maximum absolute atomic E-state index is 10.6. The lowest BCUT2D eigenvalue weighted by Crippen LogP contribution is -2.39. The van der Waals surface area contributed by atoms with Gasteiger partial charge in [-0.05, 0) is 59.0 Å². The van der Waals surface area contributed by atoms with E-state index in [1.165, 1.54) is 25.7 Å². The first kappa shape index (κ1) is 13.1. The fraction of sp³-hybridized carbons (Fsp3) is 0.714. The lowest BCUT2D eigenvalue weighted by Gasteiger charge is -2.40. The van der Waals surface area contributed by atoms with Crippen LogP contribution in [-0.2, 0) is 4.74 Å². The first-order chi connectivity index (χ1) is 8.70. The minimum absolute atomic E-state index is 0.0909. The largest absolute Gasteiger partial charge is 0.387 e. The van der Waals surface area contributed by atoms with Gasteiger partial charge in [-0.2, -0.15) is 0 Å². The molecule has 3 rings (SSSR count). The minimum atomic E-state index is -0.333. The molecule has 0 bridgehead atoms. The Hall–Kier alpha value is 0.1000. The van der Waals surface area contributed by atoms with Gasteiger partial charge >= 0.3 is 0 Å². The van der Waals surface area contributed by atoms with Gasteiger partial charge in [-0.3, -0.25) is 0 Å². The number of hydrogen-bond acceptors (Lipinski definition) is 3. The van der Waals surface area contributed by atoms with Crippen LogP contribution >= 0.6 is 27.3 Å². The smallest absolute Gasteiger partial charge is 0.0923 e. The lowest BCUT2D eigenvalue weighted by molar-refractivity contribution is -0.113. The summed E-state index contributed by atoms with van der Waals surface area (Å²) in [5.74, 6) is 0.354. The number of thiophene rings is 1. The van der Waals surface area contributed by atoms with Crippen LogP contribution in [0.1, 0.15) is 49.5 Å². The van der Waals surface area contributed by atoms with Gasteiger partial charge in [0.2, 0.25) is 0 Å². The summed E-state index contributed by atoms with van der Waals surface area (Å²) in [6.45, 7) is 0.810. The molecule has 1 aliphatic carbocycles. The van der Waals surface area contributed by atoms with Crippen LogP contribution in [0.5, 0.6) is 0 Å². The Morgan fingerprint density at radius 2 is 2.22 bits per heavy atom. The summed E-state index contributed by atoms with van der Waals surface area (Å²) in [5.41, 5.74) is 0.0909. The number of halogens is 1. The molecule has 0 aromatic carbocycles. The molecule has 2 unspecified atom stereocenters. The molecule has 100 valence electrons. The first-order valence-electron chi connectivity index (χ1n) is 6.75. The maximum atomic E-state index is 10.6. The van der Waals surface area contributed by atoms with E-state index >= 15 is 0 Å². The van der Waals surface area contributed by atoms with E-state index in [9.17, 15) is 5.11 Å². The van der Waals surface area contributed by atoms with E-state index < -0.39 is 0 Å². The molecule has 1 saturated heterocycles. The molecule has 2 fully saturated rings. The van der Waals surface area contributed by atoms with Crippen LogP contribution in [0.15, 0.2) is 15.9 Å². The van der Waals surface area contributed by atoms with Crippen LogP contribution in [-0.4, -0.2) is 17.3 Å². The molecule has 1 saturated carbocycles. The second-order valence-electron chi connectivity index (χ2n) is 5.57. The Morgan fingerprint density at radius 3 is 2.89 bits per heavy atom. The molecule has 2 heterocycles. The van der Waals surface area contributed by atoms with Crippen molar-refractivity contribution in [3.8, 4) is 0 Å². The molecule has 2 aliphatic rings. The quantitative estimate of drug-likeness (QED) is 0.876. The van der Waals surface area contributed by atoms with Gasteiger partial charge in [0.15, 0.2) is 0 Å². The highest BCUT2D eigenvalue weighted by molar-refractivity contribution is 9.10. The van der Waals surface area contributed by atoms with Crippen LogP contribution < -0.4 is 0 Å². The van der Waals surface area contributed by atoms with Crippen molar-refractivity contribution in [1.29, 1.82) is 0 Å². The van der Waals surface area contributed by atoms with Crippen molar-refractivity contribution in [2.24, 2.45) is 5.92 Å². The standard InChI is InChI=1S/C14H19BrO2S/c15-11-4-8-18-13(11)12(16)10-3-7-17-14(9-10)5-1-2-6-14/h4,8,10,12,16H,1-3,5-7,9H2. The number of aliphatic hydroxyl groups is 1. The zero-order chi connectivity index (χ0) is 12.6. The van der Waals surface area contributed by atoms with E-state index in [0.29, 0.717) is 5.92 Å². The molecule has 1 aliphatic heterocycles. The van der Waals surface area contributed by atoms with Crippen molar-refractivity contribution in [3.05, 3.63) is 20.8 Å². The average Bonchev–Trinajstić information content (AvgIpc) is 2.98. The van der Waals surface area contributed by atoms with E-state index in [2.05, 4.69) is 15.9 Å². The van der Waals surface area contributed by atoms with Gasteiger partial charge in [0.25, 0.3) is 0 Å². The van der Waals surface area contributed by atoms with Crippen molar-refractivity contribution in [1.82, 2.24) is 0 Å². The molecular formula is C14H19BrO2S. The minimum Gasteiger partial charge on any atom is -0.387 e. The second kappa shape index (κ2) is 5.23. The summed E-state index contributed by atoms with van der Waals surface area (Å²) < 4.78 is 7.08. The normalized spacial score (nSPS) is 28.7. The summed E-state index contributed by atoms with van der Waals surface area (Å²) in [6.07, 6.45) is 6.60. The molecule has 1 aromatic heterocycles. The fourth-order valence-electron chi connectivity index (χ4n) is 3.43. The van der Waals surface area contributed by atoms with Gasteiger partial charge in [-0.15, -0.1) is 11.3 Å². The number of aliphatic hydroxyl groups excluding tert-OH is 1. The summed E-state index contributed by atoms with van der Waals surface area (Å²) >= 11 is 5.17. The highest BCUT2D eigenvalue weighted by Gasteiger charge is 2.42. The van der Waals surface area contributed by atoms with Gasteiger partial charge in [0, 0.05) is 16.0 Å². The highest BCUT2D eigenvalue weighted by Crippen LogP contribution is 2.46. The molecule has 1 N–H and O–H groups in total. The molecule has 0 amide bonds. The van der Waals surface area contributed by atoms with Gasteiger partial charge in [-0.1, -0.05) is 12.8 Å². The Balaban J connectivity index is 1.74. The van der Waals surface area contributed by atoms with Crippen LogP contribution in [0.3, 0.4) is 0 Å². The summed E-state index contributed by atoms with van der Waals surface area (Å²) in [7, 11) is 0. The van der Waals surface area contributed by atoms with Crippen molar-refractivity contribution in [2.45, 2.75) is 50.2 Å². The topological polar surface area (TPSA) is 29.5 Å². The molecule has 4 heteroatoms. The zero-order valence-corrected chi connectivity index (χ0v) is 12.8. The lowest BCUT2D eigenvalue weighted by atomic mass is 9.81. The Kier molecular flexibility index (Phi) is 3.81. The molecule has 1 aromatic rings. The van der Waals surface area contributed by atoms with Crippen LogP contribution in [0, 0.1) is 5.92 Å². The van der Waals surface area contributed by atoms with Gasteiger partial charge in [0.05, 0.1) is 11.7 Å². The van der Waals surface area contributed by atoms with Crippen LogP contribution in [0.25, 0.3) is 0 Å². The first-order valence-corrected chi connectivity index (χ1v) is 8.42. The van der Waals surface area contributed by atoms with Crippen molar-refractivity contribution in [2.75, 3.05) is 6.61 Å². The van der Waals surface area contributed by atoms with Crippen LogP contribution in [0.2, 0.25) is 0 Å². The molecule has 18 heavy (non-hydrogen) atoms. The average molecular weight is 331 g/mol. The van der Waals surface area contributed by atoms with E-state index in [1.54, 1.807) is 11.3 Å². The predicted octanol–water partition coefficient (Wildman–Crippen LogP) is 4.28. The number of ether oxygens (including phenoxy) is 1. The fourth-order valence-corrected chi connectivity index (χ4v) is 5.12. The highest BCUT2D eigenvalue weighted by atomic mass is 79.9. The molecule has 2 nitrogen and oxygen atoms in total. The summed E-state index contributed by atoms with van der Waals surface area (Å²) in [4.78, 5) is 1.08. The number of rotatable bonds is 2. The summed E-state index contributed by atoms with van der Waals surface area (Å²) in [6, 6.07) is 2.02. The van der Waals surface area contributed by atoms with Crippen molar-refractivity contribution < 1.29 is 9.84 Å². The zero-order valence-electron chi connectivity index (χ0n) is 10.4. The Labute approximate surface area is 120 Å². The van der Waals surface area contributed by atoms with Gasteiger partial charge in [0.1, 0.15) is 0 Å². The monoisotopic (exact) mass is 330 g/mol. The van der Waals surface area contributed by atoms with Crippen molar-refractivity contribution in [3.63, 3.8) is 0 Å². The van der Waals surface area contributed by atoms with E-state index in [-0.39, 0.29) is 11.7 Å². The predicted molar refractivity (Wildman–Crippen MR) is 76.9 cm³/mol. The second-order valence-corrected chi connectivity index (χ2v) is 7.37. The van der Waals surface area contributed by atoms with E-state index in [0.717, 1.165) is 28.8 Å². The van der Waals surface area contributed by atoms with E-state index in [1.807, 2.05) is 11.4 Å². The Bertz CT molecular complexity index is 412. The third-order valence-electron chi connectivity index (χ3n) is 4.41. The van der Waals surface area contributed by atoms with Gasteiger partial charge in [-0.25, -0.2) is 0 Å². The number of hydrogen-bond donors (Lipinski definition) is 1. The van der Waals surface area contributed by atoms with Crippen LogP contribution in [0.4, 0.5) is 0 Å². The SMILES string of the molecule is OC(c1sccc1Br)C1CCOC2(CCCC2)C1. The summed E-state index contributed by atoms with van der Waals surface area (Å²) in [5, 5.41) is 12.6. The molecule has 0 radical (unpaired) electrons. The molecular weight excluding hydrogens is 312 g/mol. The van der Waals surface area contributed by atoms with E-state index in [4.69, 9.17) is 4.74 Å².